The first-order valence-corrected chi connectivity index (χ1v) is 4.74. The van der Waals surface area contributed by atoms with Gasteiger partial charge >= 0.3 is 5.97 Å². The maximum absolute atomic E-state index is 11.5. The first kappa shape index (κ1) is 9.77. The van der Waals surface area contributed by atoms with Gasteiger partial charge in [0.2, 0.25) is 0 Å². The molecule has 0 radical (unpaired) electrons. The van der Waals surface area contributed by atoms with Gasteiger partial charge in [0.1, 0.15) is 17.9 Å². The molecule has 1 aliphatic heterocycles. The molecule has 1 aromatic carbocycles. The number of esters is 1. The zero-order valence-corrected chi connectivity index (χ0v) is 8.74. The molecule has 0 aliphatic carbocycles. The molecule has 0 spiro atoms. The summed E-state index contributed by atoms with van der Waals surface area (Å²) in [5, 5.41) is 0. The fraction of sp³-hybridized carbons (Fsp3) is 0.250. The maximum atomic E-state index is 11.5. The fourth-order valence-electron chi connectivity index (χ4n) is 1.66. The number of carbonyl (C=O) groups excluding carboxylic acids is 1. The summed E-state index contributed by atoms with van der Waals surface area (Å²) in [4.78, 5) is 11.5. The Labute approximate surface area is 88.3 Å². The number of hydrogen-bond acceptors (Lipinski definition) is 3. The lowest BCUT2D eigenvalue weighted by molar-refractivity contribution is -0.134. The van der Waals surface area contributed by atoms with Crippen LogP contribution in [0.5, 0.6) is 0 Å². The highest BCUT2D eigenvalue weighted by atomic mass is 16.6. The second kappa shape index (κ2) is 3.77. The lowest BCUT2D eigenvalue weighted by atomic mass is 10.0. The van der Waals surface area contributed by atoms with Crippen molar-refractivity contribution in [2.45, 2.75) is 6.92 Å². The summed E-state index contributed by atoms with van der Waals surface area (Å²) in [6.07, 6.45) is 0. The van der Waals surface area contributed by atoms with E-state index in [-0.39, 0.29) is 12.6 Å². The molecule has 2 rings (SSSR count). The number of ether oxygens (including phenoxy) is 2. The van der Waals surface area contributed by atoms with E-state index in [2.05, 4.69) is 0 Å². The molecule has 0 atom stereocenters. The smallest absolute Gasteiger partial charge is 0.342 e. The summed E-state index contributed by atoms with van der Waals surface area (Å²) in [6, 6.07) is 7.69. The summed E-state index contributed by atoms with van der Waals surface area (Å²) in [5.41, 5.74) is 2.48. The SMILES string of the molecule is COC1=C(c2ccccc2C)C(=O)OC1. The minimum Gasteiger partial charge on any atom is -0.497 e. The van der Waals surface area contributed by atoms with Crippen molar-refractivity contribution < 1.29 is 14.3 Å². The summed E-state index contributed by atoms with van der Waals surface area (Å²) < 4.78 is 10.1. The Kier molecular flexibility index (Phi) is 2.46. The molecular weight excluding hydrogens is 192 g/mol. The van der Waals surface area contributed by atoms with Gasteiger partial charge in [0.05, 0.1) is 7.11 Å². The van der Waals surface area contributed by atoms with Crippen molar-refractivity contribution in [3.8, 4) is 0 Å². The molecule has 0 fully saturated rings. The highest BCUT2D eigenvalue weighted by molar-refractivity contribution is 6.19. The molecule has 1 heterocycles. The van der Waals surface area contributed by atoms with Gasteiger partial charge in [-0.05, 0) is 18.1 Å². The number of aryl methyl sites for hydroxylation is 1. The van der Waals surface area contributed by atoms with Crippen LogP contribution in [0.3, 0.4) is 0 Å². The Morgan fingerprint density at radius 3 is 2.73 bits per heavy atom. The van der Waals surface area contributed by atoms with Crippen molar-refractivity contribution in [3.05, 3.63) is 41.2 Å². The largest absolute Gasteiger partial charge is 0.497 e. The van der Waals surface area contributed by atoms with Crippen molar-refractivity contribution in [2.24, 2.45) is 0 Å². The van der Waals surface area contributed by atoms with Crippen molar-refractivity contribution in [3.63, 3.8) is 0 Å². The molecule has 1 aliphatic rings. The number of methoxy groups -OCH3 is 1. The molecule has 3 nitrogen and oxygen atoms in total. The van der Waals surface area contributed by atoms with Gasteiger partial charge in [0, 0.05) is 0 Å². The average molecular weight is 204 g/mol. The predicted molar refractivity (Wildman–Crippen MR) is 56.1 cm³/mol. The second-order valence-electron chi connectivity index (χ2n) is 3.39. The van der Waals surface area contributed by atoms with Gasteiger partial charge in [0.25, 0.3) is 0 Å². The van der Waals surface area contributed by atoms with Gasteiger partial charge in [0.15, 0.2) is 0 Å². The first-order valence-electron chi connectivity index (χ1n) is 4.74. The zero-order chi connectivity index (χ0) is 10.8. The molecule has 0 saturated heterocycles. The number of hydrogen-bond donors (Lipinski definition) is 0. The van der Waals surface area contributed by atoms with E-state index < -0.39 is 0 Å². The summed E-state index contributed by atoms with van der Waals surface area (Å²) >= 11 is 0. The minimum atomic E-state index is -0.304. The maximum Gasteiger partial charge on any atom is 0.342 e. The van der Waals surface area contributed by atoms with Gasteiger partial charge in [-0.2, -0.15) is 0 Å². The highest BCUT2D eigenvalue weighted by Gasteiger charge is 2.27. The van der Waals surface area contributed by atoms with Crippen LogP contribution in [0.2, 0.25) is 0 Å². The minimum absolute atomic E-state index is 0.235. The van der Waals surface area contributed by atoms with Crippen molar-refractivity contribution in [1.29, 1.82) is 0 Å². The van der Waals surface area contributed by atoms with Crippen LogP contribution in [0.1, 0.15) is 11.1 Å². The molecular formula is C12H12O3. The van der Waals surface area contributed by atoms with E-state index in [0.29, 0.717) is 11.3 Å². The van der Waals surface area contributed by atoms with Crippen LogP contribution >= 0.6 is 0 Å². The summed E-state index contributed by atoms with van der Waals surface area (Å²) in [6.45, 7) is 2.19. The third kappa shape index (κ3) is 1.61. The van der Waals surface area contributed by atoms with Gasteiger partial charge in [-0.15, -0.1) is 0 Å². The molecule has 0 unspecified atom stereocenters. The van der Waals surface area contributed by atoms with Crippen LogP contribution in [0.15, 0.2) is 30.0 Å². The number of benzene rings is 1. The van der Waals surface area contributed by atoms with E-state index in [1.54, 1.807) is 7.11 Å². The van der Waals surface area contributed by atoms with Crippen LogP contribution in [-0.2, 0) is 14.3 Å². The van der Waals surface area contributed by atoms with E-state index in [0.717, 1.165) is 11.1 Å². The number of cyclic esters (lactones) is 1. The van der Waals surface area contributed by atoms with Gasteiger partial charge in [-0.1, -0.05) is 24.3 Å². The molecule has 0 aromatic heterocycles. The first-order chi connectivity index (χ1) is 7.24. The van der Waals surface area contributed by atoms with E-state index in [9.17, 15) is 4.79 Å². The molecule has 15 heavy (non-hydrogen) atoms. The Morgan fingerprint density at radius 1 is 1.33 bits per heavy atom. The number of rotatable bonds is 2. The quantitative estimate of drug-likeness (QED) is 0.690. The normalized spacial score (nSPS) is 15.5. The van der Waals surface area contributed by atoms with E-state index >= 15 is 0 Å². The van der Waals surface area contributed by atoms with Crippen molar-refractivity contribution >= 4 is 11.5 Å². The van der Waals surface area contributed by atoms with E-state index in [1.807, 2.05) is 31.2 Å². The van der Waals surface area contributed by atoms with Crippen molar-refractivity contribution in [2.75, 3.05) is 13.7 Å². The standard InChI is InChI=1S/C12H12O3/c1-8-5-3-4-6-9(8)11-10(14-2)7-15-12(11)13/h3-6H,7H2,1-2H3. The second-order valence-corrected chi connectivity index (χ2v) is 3.39. The molecule has 0 N–H and O–H groups in total. The Morgan fingerprint density at radius 2 is 2.07 bits per heavy atom. The fourth-order valence-corrected chi connectivity index (χ4v) is 1.66. The van der Waals surface area contributed by atoms with Gasteiger partial charge < -0.3 is 9.47 Å². The Hall–Kier alpha value is -1.77. The molecule has 78 valence electrons. The number of carbonyl (C=O) groups is 1. The molecule has 0 amide bonds. The van der Waals surface area contributed by atoms with Crippen LogP contribution < -0.4 is 0 Å². The van der Waals surface area contributed by atoms with E-state index in [1.165, 1.54) is 0 Å². The lowest BCUT2D eigenvalue weighted by Gasteiger charge is -2.05. The van der Waals surface area contributed by atoms with Crippen molar-refractivity contribution in [1.82, 2.24) is 0 Å². The molecule has 1 aromatic rings. The summed E-state index contributed by atoms with van der Waals surface area (Å²) in [7, 11) is 1.55. The zero-order valence-electron chi connectivity index (χ0n) is 8.74. The predicted octanol–water partition coefficient (Wildman–Crippen LogP) is 1.91. The van der Waals surface area contributed by atoms with Crippen LogP contribution in [-0.4, -0.2) is 19.7 Å². The Bertz CT molecular complexity index is 432. The molecule has 0 bridgehead atoms. The highest BCUT2D eigenvalue weighted by Crippen LogP contribution is 2.28. The van der Waals surface area contributed by atoms with Crippen LogP contribution in [0.4, 0.5) is 0 Å². The molecule has 3 heteroatoms. The third-order valence-electron chi connectivity index (χ3n) is 2.48. The molecule has 0 saturated carbocycles. The van der Waals surface area contributed by atoms with E-state index in [4.69, 9.17) is 9.47 Å². The average Bonchev–Trinajstić information content (AvgIpc) is 2.60. The van der Waals surface area contributed by atoms with Gasteiger partial charge in [-0.3, -0.25) is 0 Å². The topological polar surface area (TPSA) is 35.5 Å². The third-order valence-corrected chi connectivity index (χ3v) is 2.48. The van der Waals surface area contributed by atoms with Crippen LogP contribution in [0, 0.1) is 6.92 Å². The monoisotopic (exact) mass is 204 g/mol. The summed E-state index contributed by atoms with van der Waals surface area (Å²) in [5.74, 6) is 0.301. The Balaban J connectivity index is 2.54. The van der Waals surface area contributed by atoms with Crippen LogP contribution in [0.25, 0.3) is 5.57 Å². The lowest BCUT2D eigenvalue weighted by Crippen LogP contribution is -2.00. The van der Waals surface area contributed by atoms with Gasteiger partial charge in [-0.25, -0.2) is 4.79 Å².